The summed E-state index contributed by atoms with van der Waals surface area (Å²) in [6.45, 7) is 2.11. The van der Waals surface area contributed by atoms with Crippen LogP contribution >= 0.6 is 0 Å². The lowest BCUT2D eigenvalue weighted by atomic mass is 10.1. The number of methoxy groups -OCH3 is 1. The van der Waals surface area contributed by atoms with Gasteiger partial charge in [-0.3, -0.25) is 9.59 Å². The number of anilines is 3. The van der Waals surface area contributed by atoms with Crippen LogP contribution < -0.4 is 20.7 Å². The Kier molecular flexibility index (Phi) is 7.05. The van der Waals surface area contributed by atoms with Crippen LogP contribution in [-0.2, 0) is 11.2 Å². The lowest BCUT2D eigenvalue weighted by Gasteiger charge is -2.13. The van der Waals surface area contributed by atoms with E-state index >= 15 is 0 Å². The van der Waals surface area contributed by atoms with Crippen LogP contribution in [-0.4, -0.2) is 25.5 Å². The predicted octanol–water partition coefficient (Wildman–Crippen LogP) is 4.56. The zero-order valence-corrected chi connectivity index (χ0v) is 17.1. The highest BCUT2D eigenvalue weighted by atomic mass is 16.5. The molecule has 3 rings (SSSR count). The van der Waals surface area contributed by atoms with Gasteiger partial charge in [-0.2, -0.15) is 0 Å². The summed E-state index contributed by atoms with van der Waals surface area (Å²) < 4.78 is 5.13. The van der Waals surface area contributed by atoms with Crippen LogP contribution in [0, 0.1) is 0 Å². The van der Waals surface area contributed by atoms with Crippen molar-refractivity contribution in [3.8, 4) is 5.75 Å². The molecule has 154 valence electrons. The van der Waals surface area contributed by atoms with E-state index in [9.17, 15) is 9.59 Å². The number of carbonyl (C=O) groups is 2. The molecular weight excluding hydrogens is 378 g/mol. The first-order chi connectivity index (χ1) is 14.6. The lowest BCUT2D eigenvalue weighted by Crippen LogP contribution is -2.23. The minimum atomic E-state index is -0.265. The molecule has 0 heterocycles. The van der Waals surface area contributed by atoms with Gasteiger partial charge in [0.2, 0.25) is 5.91 Å². The van der Waals surface area contributed by atoms with E-state index in [1.54, 1.807) is 49.6 Å². The maximum atomic E-state index is 12.7. The Hall–Kier alpha value is -3.80. The molecule has 3 aromatic carbocycles. The average Bonchev–Trinajstić information content (AvgIpc) is 2.78. The van der Waals surface area contributed by atoms with E-state index in [0.717, 1.165) is 17.7 Å². The Balaban J connectivity index is 1.62. The summed E-state index contributed by atoms with van der Waals surface area (Å²) in [4.78, 5) is 25.0. The third kappa shape index (κ3) is 5.61. The Morgan fingerprint density at radius 2 is 1.63 bits per heavy atom. The van der Waals surface area contributed by atoms with Crippen molar-refractivity contribution in [2.24, 2.45) is 0 Å². The molecule has 0 unspecified atom stereocenters. The molecule has 0 radical (unpaired) electrons. The normalized spacial score (nSPS) is 10.2. The molecule has 6 nitrogen and oxygen atoms in total. The molecular formula is C24H25N3O3. The third-order valence-corrected chi connectivity index (χ3v) is 4.58. The summed E-state index contributed by atoms with van der Waals surface area (Å²) in [6, 6.07) is 21.9. The van der Waals surface area contributed by atoms with Crippen molar-refractivity contribution in [1.29, 1.82) is 0 Å². The number of carbonyl (C=O) groups excluding carboxylic acids is 2. The molecule has 0 spiro atoms. The molecule has 0 aliphatic carbocycles. The lowest BCUT2D eigenvalue weighted by molar-refractivity contribution is -0.114. The van der Waals surface area contributed by atoms with Crippen molar-refractivity contribution in [3.63, 3.8) is 0 Å². The van der Waals surface area contributed by atoms with Crippen molar-refractivity contribution < 1.29 is 14.3 Å². The van der Waals surface area contributed by atoms with Crippen LogP contribution in [0.1, 0.15) is 22.8 Å². The smallest absolute Gasteiger partial charge is 0.257 e. The number of nitrogens with one attached hydrogen (secondary N) is 3. The first-order valence-electron chi connectivity index (χ1n) is 9.76. The first-order valence-corrected chi connectivity index (χ1v) is 9.76. The van der Waals surface area contributed by atoms with Gasteiger partial charge in [0.25, 0.3) is 5.91 Å². The Morgan fingerprint density at radius 3 is 2.37 bits per heavy atom. The van der Waals surface area contributed by atoms with E-state index in [1.165, 1.54) is 0 Å². The van der Waals surface area contributed by atoms with Crippen molar-refractivity contribution in [2.45, 2.75) is 13.3 Å². The van der Waals surface area contributed by atoms with Gasteiger partial charge in [-0.15, -0.1) is 0 Å². The van der Waals surface area contributed by atoms with Crippen LogP contribution in [0.2, 0.25) is 0 Å². The van der Waals surface area contributed by atoms with E-state index in [-0.39, 0.29) is 18.4 Å². The Morgan fingerprint density at radius 1 is 0.867 bits per heavy atom. The van der Waals surface area contributed by atoms with Gasteiger partial charge in [0.1, 0.15) is 5.75 Å². The Bertz CT molecular complexity index is 1020. The van der Waals surface area contributed by atoms with Gasteiger partial charge in [0.15, 0.2) is 0 Å². The van der Waals surface area contributed by atoms with E-state index in [2.05, 4.69) is 22.9 Å². The van der Waals surface area contributed by atoms with Crippen molar-refractivity contribution >= 4 is 28.9 Å². The highest BCUT2D eigenvalue weighted by molar-refractivity contribution is 6.08. The van der Waals surface area contributed by atoms with Gasteiger partial charge in [0, 0.05) is 17.1 Å². The van der Waals surface area contributed by atoms with E-state index in [1.807, 2.05) is 30.3 Å². The molecule has 30 heavy (non-hydrogen) atoms. The molecule has 0 atom stereocenters. The second-order valence-corrected chi connectivity index (χ2v) is 6.68. The molecule has 3 N–H and O–H groups in total. The number of benzene rings is 3. The second-order valence-electron chi connectivity index (χ2n) is 6.68. The largest absolute Gasteiger partial charge is 0.497 e. The van der Waals surface area contributed by atoms with Crippen molar-refractivity contribution in [3.05, 3.63) is 83.9 Å². The predicted molar refractivity (Wildman–Crippen MR) is 120 cm³/mol. The van der Waals surface area contributed by atoms with E-state index < -0.39 is 0 Å². The average molecular weight is 403 g/mol. The second kappa shape index (κ2) is 10.1. The summed E-state index contributed by atoms with van der Waals surface area (Å²) >= 11 is 0. The van der Waals surface area contributed by atoms with Crippen LogP contribution in [0.15, 0.2) is 72.8 Å². The minimum Gasteiger partial charge on any atom is -0.497 e. The minimum absolute atomic E-state index is 0.0448. The SMILES string of the molecule is CCc1cccc(NC(=O)CNc2ccccc2C(=O)Nc2ccc(OC)cc2)c1. The number of hydrogen-bond acceptors (Lipinski definition) is 4. The van der Waals surface area contributed by atoms with Gasteiger partial charge < -0.3 is 20.7 Å². The molecule has 2 amide bonds. The highest BCUT2D eigenvalue weighted by Crippen LogP contribution is 2.19. The Labute approximate surface area is 176 Å². The molecule has 0 aliphatic heterocycles. The zero-order valence-electron chi connectivity index (χ0n) is 17.1. The summed E-state index contributed by atoms with van der Waals surface area (Å²) in [5.41, 5.74) is 3.60. The quantitative estimate of drug-likeness (QED) is 0.515. The van der Waals surface area contributed by atoms with Crippen LogP contribution in [0.4, 0.5) is 17.1 Å². The molecule has 0 fully saturated rings. The highest BCUT2D eigenvalue weighted by Gasteiger charge is 2.12. The molecule has 0 aromatic heterocycles. The van der Waals surface area contributed by atoms with Crippen LogP contribution in [0.5, 0.6) is 5.75 Å². The monoisotopic (exact) mass is 403 g/mol. The fourth-order valence-corrected chi connectivity index (χ4v) is 2.96. The van der Waals surface area contributed by atoms with Crippen molar-refractivity contribution in [2.75, 3.05) is 29.6 Å². The fourth-order valence-electron chi connectivity index (χ4n) is 2.96. The van der Waals surface area contributed by atoms with Crippen LogP contribution in [0.3, 0.4) is 0 Å². The van der Waals surface area contributed by atoms with Crippen molar-refractivity contribution in [1.82, 2.24) is 0 Å². The van der Waals surface area contributed by atoms with Gasteiger partial charge in [0.05, 0.1) is 19.2 Å². The van der Waals surface area contributed by atoms with Gasteiger partial charge in [-0.05, 0) is 60.5 Å². The van der Waals surface area contributed by atoms with Crippen LogP contribution in [0.25, 0.3) is 0 Å². The zero-order chi connectivity index (χ0) is 21.3. The number of amides is 2. The summed E-state index contributed by atoms with van der Waals surface area (Å²) in [5.74, 6) is 0.262. The topological polar surface area (TPSA) is 79.5 Å². The summed E-state index contributed by atoms with van der Waals surface area (Å²) in [7, 11) is 1.59. The van der Waals surface area contributed by atoms with Gasteiger partial charge >= 0.3 is 0 Å². The molecule has 6 heteroatoms. The third-order valence-electron chi connectivity index (χ3n) is 4.58. The molecule has 0 aliphatic rings. The molecule has 3 aromatic rings. The number of ether oxygens (including phenoxy) is 1. The van der Waals surface area contributed by atoms with E-state index in [0.29, 0.717) is 22.7 Å². The first kappa shape index (κ1) is 20.9. The number of para-hydroxylation sites is 1. The van der Waals surface area contributed by atoms with E-state index in [4.69, 9.17) is 4.74 Å². The molecule has 0 saturated carbocycles. The number of rotatable bonds is 8. The standard InChI is InChI=1S/C24H25N3O3/c1-3-17-7-6-8-19(15-17)26-23(28)16-25-22-10-5-4-9-21(22)24(29)27-18-11-13-20(30-2)14-12-18/h4-15,25H,3,16H2,1-2H3,(H,26,28)(H,27,29). The fraction of sp³-hybridized carbons (Fsp3) is 0.167. The van der Waals surface area contributed by atoms with Gasteiger partial charge in [-0.1, -0.05) is 31.2 Å². The maximum absolute atomic E-state index is 12.7. The number of aryl methyl sites for hydroxylation is 1. The van der Waals surface area contributed by atoms with Gasteiger partial charge in [-0.25, -0.2) is 0 Å². The molecule has 0 bridgehead atoms. The molecule has 0 saturated heterocycles. The summed E-state index contributed by atoms with van der Waals surface area (Å²) in [6.07, 6.45) is 0.901. The maximum Gasteiger partial charge on any atom is 0.257 e. The number of hydrogen-bond donors (Lipinski definition) is 3. The summed E-state index contributed by atoms with van der Waals surface area (Å²) in [5, 5.41) is 8.78.